The third-order valence-electron chi connectivity index (χ3n) is 2.95. The van der Waals surface area contributed by atoms with Crippen molar-refractivity contribution in [3.63, 3.8) is 0 Å². The molecule has 1 heterocycles. The Morgan fingerprint density at radius 1 is 1.50 bits per heavy atom. The van der Waals surface area contributed by atoms with Crippen LogP contribution in [0.2, 0.25) is 0 Å². The Kier molecular flexibility index (Phi) is 4.73. The highest BCUT2D eigenvalue weighted by atomic mass is 32.2. The van der Waals surface area contributed by atoms with E-state index in [2.05, 4.69) is 4.72 Å². The second kappa shape index (κ2) is 5.44. The van der Waals surface area contributed by atoms with Gasteiger partial charge in [0.25, 0.3) is 10.2 Å². The second-order valence-electron chi connectivity index (χ2n) is 5.04. The van der Waals surface area contributed by atoms with Gasteiger partial charge in [-0.25, -0.2) is 4.72 Å². The van der Waals surface area contributed by atoms with Crippen molar-refractivity contribution in [3.8, 4) is 0 Å². The van der Waals surface area contributed by atoms with Crippen molar-refractivity contribution < 1.29 is 8.42 Å². The van der Waals surface area contributed by atoms with E-state index in [-0.39, 0.29) is 12.0 Å². The van der Waals surface area contributed by atoms with Gasteiger partial charge in [0.15, 0.2) is 0 Å². The summed E-state index contributed by atoms with van der Waals surface area (Å²) in [5, 5.41) is 0. The summed E-state index contributed by atoms with van der Waals surface area (Å²) in [5.74, 6) is 0.545. The zero-order valence-corrected chi connectivity index (χ0v) is 11.1. The maximum Gasteiger partial charge on any atom is 0.279 e. The summed E-state index contributed by atoms with van der Waals surface area (Å²) in [6, 6.07) is 0.122. The molecule has 0 aromatic carbocycles. The number of nitrogens with one attached hydrogen (secondary N) is 1. The van der Waals surface area contributed by atoms with E-state index in [0.29, 0.717) is 25.6 Å². The number of nitrogens with zero attached hydrogens (tertiary/aromatic N) is 1. The second-order valence-corrected chi connectivity index (χ2v) is 6.79. The standard InChI is InChI=1S/C10H23N3O2S/c1-8(2)6-12-16(14,15)13-5-4-10(11)9(3)7-13/h8-10,12H,4-7,11H2,1-3H3. The third-order valence-corrected chi connectivity index (χ3v) is 4.49. The molecule has 1 rings (SSSR count). The van der Waals surface area contributed by atoms with Crippen LogP contribution in [-0.2, 0) is 10.2 Å². The molecule has 1 aliphatic rings. The van der Waals surface area contributed by atoms with E-state index >= 15 is 0 Å². The van der Waals surface area contributed by atoms with Crippen molar-refractivity contribution in [1.82, 2.24) is 9.03 Å². The Labute approximate surface area is 98.6 Å². The van der Waals surface area contributed by atoms with Crippen LogP contribution in [0.1, 0.15) is 27.2 Å². The van der Waals surface area contributed by atoms with Gasteiger partial charge in [-0.2, -0.15) is 12.7 Å². The molecule has 1 saturated heterocycles. The van der Waals surface area contributed by atoms with E-state index in [9.17, 15) is 8.42 Å². The van der Waals surface area contributed by atoms with E-state index in [1.54, 1.807) is 0 Å². The fraction of sp³-hybridized carbons (Fsp3) is 1.00. The number of hydrogen-bond donors (Lipinski definition) is 2. The number of nitrogens with two attached hydrogens (primary N) is 1. The fourth-order valence-electron chi connectivity index (χ4n) is 1.71. The number of rotatable bonds is 4. The Morgan fingerprint density at radius 2 is 2.12 bits per heavy atom. The summed E-state index contributed by atoms with van der Waals surface area (Å²) in [4.78, 5) is 0. The summed E-state index contributed by atoms with van der Waals surface area (Å²) >= 11 is 0. The molecule has 6 heteroatoms. The lowest BCUT2D eigenvalue weighted by Crippen LogP contribution is -2.51. The zero-order chi connectivity index (χ0) is 12.3. The molecule has 0 saturated carbocycles. The van der Waals surface area contributed by atoms with Gasteiger partial charge >= 0.3 is 0 Å². The quantitative estimate of drug-likeness (QED) is 0.744. The summed E-state index contributed by atoms with van der Waals surface area (Å²) in [5.41, 5.74) is 5.86. The number of piperidine rings is 1. The van der Waals surface area contributed by atoms with E-state index in [1.165, 1.54) is 4.31 Å². The van der Waals surface area contributed by atoms with Gasteiger partial charge in [-0.05, 0) is 18.3 Å². The lowest BCUT2D eigenvalue weighted by molar-refractivity contribution is 0.247. The molecule has 1 fully saturated rings. The minimum Gasteiger partial charge on any atom is -0.327 e. The highest BCUT2D eigenvalue weighted by Gasteiger charge is 2.30. The van der Waals surface area contributed by atoms with Gasteiger partial charge in [-0.3, -0.25) is 0 Å². The molecular weight excluding hydrogens is 226 g/mol. The van der Waals surface area contributed by atoms with Crippen molar-refractivity contribution in [2.75, 3.05) is 19.6 Å². The molecule has 2 unspecified atom stereocenters. The molecule has 2 atom stereocenters. The van der Waals surface area contributed by atoms with Gasteiger partial charge < -0.3 is 5.73 Å². The van der Waals surface area contributed by atoms with Crippen LogP contribution in [0.4, 0.5) is 0 Å². The van der Waals surface area contributed by atoms with Crippen LogP contribution in [0.3, 0.4) is 0 Å². The largest absolute Gasteiger partial charge is 0.327 e. The monoisotopic (exact) mass is 249 g/mol. The van der Waals surface area contributed by atoms with Gasteiger partial charge in [0, 0.05) is 25.7 Å². The molecule has 0 aromatic rings. The minimum atomic E-state index is -3.31. The lowest BCUT2D eigenvalue weighted by Gasteiger charge is -2.34. The third kappa shape index (κ3) is 3.69. The van der Waals surface area contributed by atoms with E-state index in [0.717, 1.165) is 6.42 Å². The maximum absolute atomic E-state index is 11.9. The van der Waals surface area contributed by atoms with Crippen molar-refractivity contribution in [2.24, 2.45) is 17.6 Å². The molecule has 0 radical (unpaired) electrons. The van der Waals surface area contributed by atoms with E-state index in [1.807, 2.05) is 20.8 Å². The van der Waals surface area contributed by atoms with Gasteiger partial charge in [-0.15, -0.1) is 0 Å². The van der Waals surface area contributed by atoms with Gasteiger partial charge in [0.2, 0.25) is 0 Å². The van der Waals surface area contributed by atoms with Gasteiger partial charge in [-0.1, -0.05) is 20.8 Å². The van der Waals surface area contributed by atoms with Crippen molar-refractivity contribution >= 4 is 10.2 Å². The first-order chi connectivity index (χ1) is 7.33. The van der Waals surface area contributed by atoms with Crippen LogP contribution in [0.15, 0.2) is 0 Å². The van der Waals surface area contributed by atoms with Gasteiger partial charge in [0.1, 0.15) is 0 Å². The normalized spacial score (nSPS) is 28.6. The van der Waals surface area contributed by atoms with E-state index in [4.69, 9.17) is 5.73 Å². The molecular formula is C10H23N3O2S. The predicted octanol–water partition coefficient (Wildman–Crippen LogP) is 0.146. The van der Waals surface area contributed by atoms with Crippen LogP contribution in [0, 0.1) is 11.8 Å². The molecule has 96 valence electrons. The Hall–Kier alpha value is -0.170. The molecule has 16 heavy (non-hydrogen) atoms. The maximum atomic E-state index is 11.9. The molecule has 5 nitrogen and oxygen atoms in total. The molecule has 1 aliphatic heterocycles. The summed E-state index contributed by atoms with van der Waals surface area (Å²) in [6.07, 6.45) is 0.740. The SMILES string of the molecule is CC(C)CNS(=O)(=O)N1CCC(N)C(C)C1. The molecule has 0 bridgehead atoms. The molecule has 0 spiro atoms. The Bertz CT molecular complexity index is 316. The van der Waals surface area contributed by atoms with Crippen LogP contribution in [-0.4, -0.2) is 38.4 Å². The predicted molar refractivity (Wildman–Crippen MR) is 65.1 cm³/mol. The van der Waals surface area contributed by atoms with Crippen LogP contribution in [0.5, 0.6) is 0 Å². The number of hydrogen-bond acceptors (Lipinski definition) is 3. The molecule has 0 aromatic heterocycles. The first-order valence-corrected chi connectivity index (χ1v) is 7.27. The summed E-state index contributed by atoms with van der Waals surface area (Å²) in [6.45, 7) is 7.50. The van der Waals surface area contributed by atoms with Crippen molar-refractivity contribution in [3.05, 3.63) is 0 Å². The molecule has 3 N–H and O–H groups in total. The Balaban J connectivity index is 2.56. The molecule has 0 amide bonds. The first kappa shape index (κ1) is 13.9. The summed E-state index contributed by atoms with van der Waals surface area (Å²) in [7, 11) is -3.31. The zero-order valence-electron chi connectivity index (χ0n) is 10.3. The average molecular weight is 249 g/mol. The summed E-state index contributed by atoms with van der Waals surface area (Å²) < 4.78 is 28.0. The average Bonchev–Trinajstić information content (AvgIpc) is 2.19. The van der Waals surface area contributed by atoms with Crippen molar-refractivity contribution in [1.29, 1.82) is 0 Å². The first-order valence-electron chi connectivity index (χ1n) is 5.83. The lowest BCUT2D eigenvalue weighted by atomic mass is 9.96. The smallest absolute Gasteiger partial charge is 0.279 e. The van der Waals surface area contributed by atoms with Crippen LogP contribution in [0.25, 0.3) is 0 Å². The topological polar surface area (TPSA) is 75.4 Å². The van der Waals surface area contributed by atoms with Crippen LogP contribution >= 0.6 is 0 Å². The van der Waals surface area contributed by atoms with E-state index < -0.39 is 10.2 Å². The fourth-order valence-corrected chi connectivity index (χ4v) is 3.21. The Morgan fingerprint density at radius 3 is 2.62 bits per heavy atom. The highest BCUT2D eigenvalue weighted by Crippen LogP contribution is 2.17. The highest BCUT2D eigenvalue weighted by molar-refractivity contribution is 7.87. The minimum absolute atomic E-state index is 0.122. The van der Waals surface area contributed by atoms with Gasteiger partial charge in [0.05, 0.1) is 0 Å². The van der Waals surface area contributed by atoms with Crippen LogP contribution < -0.4 is 10.5 Å². The molecule has 0 aliphatic carbocycles. The van der Waals surface area contributed by atoms with Crippen molar-refractivity contribution in [2.45, 2.75) is 33.2 Å².